The van der Waals surface area contributed by atoms with Crippen LogP contribution in [0.15, 0.2) is 48.5 Å². The quantitative estimate of drug-likeness (QED) is 0.407. The van der Waals surface area contributed by atoms with Gasteiger partial charge in [0.05, 0.1) is 16.2 Å². The van der Waals surface area contributed by atoms with Gasteiger partial charge in [0.2, 0.25) is 11.8 Å². The third-order valence-electron chi connectivity index (χ3n) is 4.41. The van der Waals surface area contributed by atoms with Gasteiger partial charge in [0.15, 0.2) is 6.10 Å². The van der Waals surface area contributed by atoms with Gasteiger partial charge in [-0.3, -0.25) is 29.9 Å². The first-order valence-electron chi connectivity index (χ1n) is 9.23. The molecule has 0 aromatic heterocycles. The molecule has 11 heteroatoms. The number of non-ortho nitro benzene ring substituents is 1. The van der Waals surface area contributed by atoms with Gasteiger partial charge in [0, 0.05) is 30.7 Å². The zero-order valence-electron chi connectivity index (χ0n) is 16.4. The van der Waals surface area contributed by atoms with Gasteiger partial charge in [-0.05, 0) is 43.3 Å². The Kier molecular flexibility index (Phi) is 6.24. The molecular weight excluding hydrogens is 408 g/mol. The number of ether oxygens (including phenoxy) is 1. The number of hydrazine groups is 1. The predicted molar refractivity (Wildman–Crippen MR) is 108 cm³/mol. The van der Waals surface area contributed by atoms with Crippen molar-refractivity contribution in [3.8, 4) is 0 Å². The van der Waals surface area contributed by atoms with E-state index in [9.17, 15) is 29.3 Å². The molecular formula is C20H18N4O7. The highest BCUT2D eigenvalue weighted by Gasteiger charge is 2.25. The average molecular weight is 426 g/mol. The van der Waals surface area contributed by atoms with Crippen LogP contribution in [0.3, 0.4) is 0 Å². The topological polar surface area (TPSA) is 148 Å². The first kappa shape index (κ1) is 21.4. The van der Waals surface area contributed by atoms with Gasteiger partial charge in [0.25, 0.3) is 11.6 Å². The second-order valence-electron chi connectivity index (χ2n) is 6.65. The van der Waals surface area contributed by atoms with E-state index in [0.717, 1.165) is 5.01 Å². The average Bonchev–Trinajstić information content (AvgIpc) is 2.75. The Labute approximate surface area is 176 Å². The number of nitro groups is 1. The molecule has 1 aliphatic heterocycles. The molecule has 2 aromatic rings. The molecule has 1 fully saturated rings. The number of nitrogens with zero attached hydrogens (tertiary/aromatic N) is 2. The van der Waals surface area contributed by atoms with Crippen molar-refractivity contribution in [1.29, 1.82) is 0 Å². The summed E-state index contributed by atoms with van der Waals surface area (Å²) in [5.41, 5.74) is 3.18. The summed E-state index contributed by atoms with van der Waals surface area (Å²) in [6, 6.07) is 11.0. The smallest absolute Gasteiger partial charge is 0.338 e. The molecule has 11 nitrogen and oxygen atoms in total. The maximum atomic E-state index is 12.3. The first-order valence-corrected chi connectivity index (χ1v) is 9.23. The molecule has 160 valence electrons. The van der Waals surface area contributed by atoms with Gasteiger partial charge < -0.3 is 10.1 Å². The molecule has 2 N–H and O–H groups in total. The minimum atomic E-state index is -1.13. The van der Waals surface area contributed by atoms with E-state index in [2.05, 4.69) is 10.7 Å². The van der Waals surface area contributed by atoms with Gasteiger partial charge in [-0.1, -0.05) is 0 Å². The Morgan fingerprint density at radius 1 is 1.10 bits per heavy atom. The summed E-state index contributed by atoms with van der Waals surface area (Å²) in [6.07, 6.45) is -0.915. The highest BCUT2D eigenvalue weighted by atomic mass is 16.6. The third-order valence-corrected chi connectivity index (χ3v) is 4.41. The number of hydrogen-bond donors (Lipinski definition) is 2. The SMILES string of the molecule is CC(OC(=O)c1ccc(N2NC(=O)CCC2=O)cc1)C(=O)Nc1ccc([N+](=O)[O-])cc1. The van der Waals surface area contributed by atoms with Crippen molar-refractivity contribution in [2.24, 2.45) is 0 Å². The molecule has 0 aliphatic carbocycles. The summed E-state index contributed by atoms with van der Waals surface area (Å²) >= 11 is 0. The Hall–Kier alpha value is -4.28. The van der Waals surface area contributed by atoms with E-state index in [4.69, 9.17) is 4.74 Å². The van der Waals surface area contributed by atoms with Crippen LogP contribution in [-0.2, 0) is 19.1 Å². The minimum Gasteiger partial charge on any atom is -0.449 e. The van der Waals surface area contributed by atoms with Crippen LogP contribution in [0.4, 0.5) is 17.1 Å². The standard InChI is InChI=1S/C20H18N4O7/c1-12(19(27)21-14-4-8-16(9-5-14)24(29)30)31-20(28)13-2-6-15(7-3-13)23-18(26)11-10-17(25)22-23/h2-9,12H,10-11H2,1H3,(H,21,27)(H,22,25). The lowest BCUT2D eigenvalue weighted by Gasteiger charge is -2.27. The van der Waals surface area contributed by atoms with Crippen molar-refractivity contribution in [2.75, 3.05) is 10.3 Å². The molecule has 0 radical (unpaired) electrons. The van der Waals surface area contributed by atoms with E-state index < -0.39 is 22.9 Å². The van der Waals surface area contributed by atoms with Crippen LogP contribution >= 0.6 is 0 Å². The zero-order valence-corrected chi connectivity index (χ0v) is 16.4. The third kappa shape index (κ3) is 5.21. The molecule has 1 saturated heterocycles. The van der Waals surface area contributed by atoms with Crippen molar-refractivity contribution < 1.29 is 28.8 Å². The monoisotopic (exact) mass is 426 g/mol. The van der Waals surface area contributed by atoms with Crippen LogP contribution in [0.1, 0.15) is 30.1 Å². The van der Waals surface area contributed by atoms with Crippen LogP contribution in [-0.4, -0.2) is 34.7 Å². The van der Waals surface area contributed by atoms with Gasteiger partial charge in [-0.15, -0.1) is 0 Å². The Balaban J connectivity index is 1.58. The van der Waals surface area contributed by atoms with Crippen LogP contribution in [0.5, 0.6) is 0 Å². The van der Waals surface area contributed by atoms with E-state index in [-0.39, 0.29) is 35.9 Å². The largest absolute Gasteiger partial charge is 0.449 e. The summed E-state index contributed by atoms with van der Waals surface area (Å²) in [5, 5.41) is 14.3. The number of benzene rings is 2. The van der Waals surface area contributed by atoms with Crippen molar-refractivity contribution in [2.45, 2.75) is 25.9 Å². The maximum absolute atomic E-state index is 12.3. The second kappa shape index (κ2) is 9.03. The minimum absolute atomic E-state index is 0.0943. The number of amides is 3. The molecule has 0 saturated carbocycles. The van der Waals surface area contributed by atoms with Crippen LogP contribution < -0.4 is 15.8 Å². The van der Waals surface area contributed by atoms with E-state index in [1.165, 1.54) is 55.5 Å². The van der Waals surface area contributed by atoms with Gasteiger partial charge in [-0.25, -0.2) is 9.80 Å². The van der Waals surface area contributed by atoms with E-state index >= 15 is 0 Å². The van der Waals surface area contributed by atoms with Crippen molar-refractivity contribution in [1.82, 2.24) is 5.43 Å². The summed E-state index contributed by atoms with van der Waals surface area (Å²) in [7, 11) is 0. The Bertz CT molecular complexity index is 1030. The number of anilines is 2. The van der Waals surface area contributed by atoms with Crippen molar-refractivity contribution >= 4 is 40.8 Å². The van der Waals surface area contributed by atoms with Crippen molar-refractivity contribution in [3.63, 3.8) is 0 Å². The van der Waals surface area contributed by atoms with Crippen LogP contribution in [0.2, 0.25) is 0 Å². The molecule has 3 amide bonds. The number of hydrogen-bond acceptors (Lipinski definition) is 7. The molecule has 1 atom stereocenters. The summed E-state index contributed by atoms with van der Waals surface area (Å²) in [6.45, 7) is 1.38. The fraction of sp³-hybridized carbons (Fsp3) is 0.200. The second-order valence-corrected chi connectivity index (χ2v) is 6.65. The number of nitro benzene ring substituents is 1. The van der Waals surface area contributed by atoms with E-state index in [1.54, 1.807) is 0 Å². The summed E-state index contributed by atoms with van der Waals surface area (Å²) in [5.74, 6) is -1.92. The first-order chi connectivity index (χ1) is 14.7. The summed E-state index contributed by atoms with van der Waals surface area (Å²) in [4.78, 5) is 58.0. The molecule has 0 bridgehead atoms. The van der Waals surface area contributed by atoms with Gasteiger partial charge in [0.1, 0.15) is 0 Å². The molecule has 31 heavy (non-hydrogen) atoms. The number of carbonyl (C=O) groups excluding carboxylic acids is 4. The highest BCUT2D eigenvalue weighted by molar-refractivity contribution is 6.02. The fourth-order valence-corrected chi connectivity index (χ4v) is 2.72. The van der Waals surface area contributed by atoms with E-state index in [0.29, 0.717) is 11.4 Å². The lowest BCUT2D eigenvalue weighted by molar-refractivity contribution is -0.384. The Morgan fingerprint density at radius 3 is 2.35 bits per heavy atom. The lowest BCUT2D eigenvalue weighted by Crippen LogP contribution is -2.50. The van der Waals surface area contributed by atoms with Crippen LogP contribution in [0.25, 0.3) is 0 Å². The highest BCUT2D eigenvalue weighted by Crippen LogP contribution is 2.19. The normalized spacial score (nSPS) is 14.4. The maximum Gasteiger partial charge on any atom is 0.338 e. The number of carbonyl (C=O) groups is 4. The number of esters is 1. The van der Waals surface area contributed by atoms with Crippen LogP contribution in [0, 0.1) is 10.1 Å². The van der Waals surface area contributed by atoms with Crippen molar-refractivity contribution in [3.05, 3.63) is 64.2 Å². The molecule has 0 spiro atoms. The van der Waals surface area contributed by atoms with Gasteiger partial charge >= 0.3 is 5.97 Å². The molecule has 3 rings (SSSR count). The molecule has 2 aromatic carbocycles. The number of nitrogens with one attached hydrogen (secondary N) is 2. The molecule has 1 aliphatic rings. The fourth-order valence-electron chi connectivity index (χ4n) is 2.72. The summed E-state index contributed by atoms with van der Waals surface area (Å²) < 4.78 is 5.15. The lowest BCUT2D eigenvalue weighted by atomic mass is 10.1. The Morgan fingerprint density at radius 2 is 1.74 bits per heavy atom. The molecule has 1 heterocycles. The molecule has 1 unspecified atom stereocenters. The zero-order chi connectivity index (χ0) is 22.5. The number of rotatable bonds is 6. The van der Waals surface area contributed by atoms with E-state index in [1.807, 2.05) is 0 Å². The van der Waals surface area contributed by atoms with Gasteiger partial charge in [-0.2, -0.15) is 0 Å². The predicted octanol–water partition coefficient (Wildman–Crippen LogP) is 1.94.